The van der Waals surface area contributed by atoms with Crippen LogP contribution in [0.1, 0.15) is 30.3 Å². The number of nitrogens with zero attached hydrogens (tertiary/aromatic N) is 4. The number of hydrogen-bond donors (Lipinski definition) is 2. The normalized spacial score (nSPS) is 12.2. The van der Waals surface area contributed by atoms with Crippen molar-refractivity contribution in [2.24, 2.45) is 5.92 Å². The fourth-order valence-corrected chi connectivity index (χ4v) is 3.05. The van der Waals surface area contributed by atoms with Crippen LogP contribution in [0.25, 0.3) is 11.0 Å². The van der Waals surface area contributed by atoms with E-state index in [1.165, 1.54) is 0 Å². The van der Waals surface area contributed by atoms with Gasteiger partial charge in [-0.25, -0.2) is 19.7 Å². The van der Waals surface area contributed by atoms with Crippen LogP contribution in [0.15, 0.2) is 30.6 Å². The Kier molecular flexibility index (Phi) is 5.75. The molecule has 8 nitrogen and oxygen atoms in total. The minimum Gasteiger partial charge on any atom is -0.460 e. The van der Waals surface area contributed by atoms with Crippen molar-refractivity contribution in [3.8, 4) is 0 Å². The minimum absolute atomic E-state index is 0.0263. The van der Waals surface area contributed by atoms with Crippen molar-refractivity contribution in [1.82, 2.24) is 19.5 Å². The zero-order valence-corrected chi connectivity index (χ0v) is 15.7. The Hall–Kier alpha value is -2.87. The van der Waals surface area contributed by atoms with Crippen LogP contribution in [0.4, 0.5) is 11.6 Å². The summed E-state index contributed by atoms with van der Waals surface area (Å²) in [6.45, 7) is 3.00. The van der Waals surface area contributed by atoms with E-state index in [1.54, 1.807) is 6.33 Å². The van der Waals surface area contributed by atoms with E-state index in [4.69, 9.17) is 27.8 Å². The molecule has 1 unspecified atom stereocenters. The van der Waals surface area contributed by atoms with Crippen molar-refractivity contribution in [3.05, 3.63) is 41.4 Å². The van der Waals surface area contributed by atoms with E-state index < -0.39 is 5.97 Å². The average molecular weight is 389 g/mol. The zero-order valence-electron chi connectivity index (χ0n) is 14.9. The largest absolute Gasteiger partial charge is 0.460 e. The third-order valence-electron chi connectivity index (χ3n) is 4.23. The van der Waals surface area contributed by atoms with Gasteiger partial charge in [0.05, 0.1) is 24.0 Å². The van der Waals surface area contributed by atoms with Crippen LogP contribution < -0.4 is 11.5 Å². The highest BCUT2D eigenvalue weighted by Gasteiger charge is 2.20. The van der Waals surface area contributed by atoms with Gasteiger partial charge in [-0.3, -0.25) is 0 Å². The molecule has 2 aromatic heterocycles. The lowest BCUT2D eigenvalue weighted by atomic mass is 10.0. The van der Waals surface area contributed by atoms with Gasteiger partial charge in [-0.2, -0.15) is 0 Å². The highest BCUT2D eigenvalue weighted by Crippen LogP contribution is 2.20. The first-order chi connectivity index (χ1) is 13.0. The lowest BCUT2D eigenvalue weighted by Gasteiger charge is -2.17. The van der Waals surface area contributed by atoms with Crippen LogP contribution in [0.3, 0.4) is 0 Å². The molecule has 3 rings (SSSR count). The molecule has 27 heavy (non-hydrogen) atoms. The standard InChI is InChI=1S/C18H21ClN6O2/c1-2-5-11(8-25-10-22-12-6-3-4-7-13(12)25)9-27-18(26)14-16(20)24-17(21)15(19)23-14/h3-4,6-7,10-11H,2,5,8-9H2,1H3,(H4,20,21,24). The molecule has 9 heteroatoms. The molecule has 0 aliphatic carbocycles. The molecule has 1 aromatic carbocycles. The lowest BCUT2D eigenvalue weighted by Crippen LogP contribution is -2.21. The second-order valence-corrected chi connectivity index (χ2v) is 6.63. The maximum atomic E-state index is 12.3. The SMILES string of the molecule is CCCC(COC(=O)c1nc(Cl)c(N)nc1N)Cn1cnc2ccccc21. The van der Waals surface area contributed by atoms with Crippen molar-refractivity contribution < 1.29 is 9.53 Å². The summed E-state index contributed by atoms with van der Waals surface area (Å²) in [5, 5.41) is -0.0776. The quantitative estimate of drug-likeness (QED) is 0.596. The second-order valence-electron chi connectivity index (χ2n) is 6.27. The highest BCUT2D eigenvalue weighted by molar-refractivity contribution is 6.31. The lowest BCUT2D eigenvalue weighted by molar-refractivity contribution is 0.0414. The third kappa shape index (κ3) is 4.28. The molecule has 0 bridgehead atoms. The Morgan fingerprint density at radius 1 is 1.26 bits per heavy atom. The first-order valence-corrected chi connectivity index (χ1v) is 9.02. The molecule has 0 aliphatic heterocycles. The number of halogens is 1. The Labute approximate surface area is 161 Å². The number of fused-ring (bicyclic) bond motifs is 1. The number of nitrogens with two attached hydrogens (primary N) is 2. The topological polar surface area (TPSA) is 122 Å². The molecular weight excluding hydrogens is 368 g/mol. The Balaban J connectivity index is 1.69. The summed E-state index contributed by atoms with van der Waals surface area (Å²) in [4.78, 5) is 24.4. The number of imidazole rings is 1. The van der Waals surface area contributed by atoms with Gasteiger partial charge in [0.15, 0.2) is 22.5 Å². The Bertz CT molecular complexity index is 958. The van der Waals surface area contributed by atoms with Crippen LogP contribution in [0.5, 0.6) is 0 Å². The average Bonchev–Trinajstić information content (AvgIpc) is 3.05. The molecule has 0 saturated heterocycles. The fraction of sp³-hybridized carbons (Fsp3) is 0.333. The Morgan fingerprint density at radius 2 is 2.04 bits per heavy atom. The fourth-order valence-electron chi connectivity index (χ4n) is 2.92. The van der Waals surface area contributed by atoms with Gasteiger partial charge in [0.1, 0.15) is 0 Å². The maximum Gasteiger partial charge on any atom is 0.360 e. The van der Waals surface area contributed by atoms with Gasteiger partial charge in [-0.05, 0) is 18.6 Å². The van der Waals surface area contributed by atoms with Gasteiger partial charge in [-0.1, -0.05) is 37.1 Å². The molecule has 4 N–H and O–H groups in total. The zero-order chi connectivity index (χ0) is 19.4. The number of aromatic nitrogens is 4. The highest BCUT2D eigenvalue weighted by atomic mass is 35.5. The van der Waals surface area contributed by atoms with E-state index in [0.717, 1.165) is 23.9 Å². The smallest absolute Gasteiger partial charge is 0.360 e. The number of carbonyl (C=O) groups excluding carboxylic acids is 1. The van der Waals surface area contributed by atoms with Crippen molar-refractivity contribution in [3.63, 3.8) is 0 Å². The van der Waals surface area contributed by atoms with E-state index in [9.17, 15) is 4.79 Å². The van der Waals surface area contributed by atoms with Crippen LogP contribution in [0.2, 0.25) is 5.15 Å². The van der Waals surface area contributed by atoms with Gasteiger partial charge in [0.25, 0.3) is 0 Å². The van der Waals surface area contributed by atoms with Crippen molar-refractivity contribution in [2.75, 3.05) is 18.1 Å². The summed E-state index contributed by atoms with van der Waals surface area (Å²) in [6.07, 6.45) is 3.66. The van der Waals surface area contributed by atoms with Crippen LogP contribution >= 0.6 is 11.6 Å². The Morgan fingerprint density at radius 3 is 2.81 bits per heavy atom. The van der Waals surface area contributed by atoms with E-state index in [1.807, 2.05) is 24.3 Å². The number of nitrogen functional groups attached to an aromatic ring is 2. The molecule has 3 aromatic rings. The van der Waals surface area contributed by atoms with Gasteiger partial charge < -0.3 is 20.8 Å². The summed E-state index contributed by atoms with van der Waals surface area (Å²) < 4.78 is 7.49. The number of hydrogen-bond acceptors (Lipinski definition) is 7. The van der Waals surface area contributed by atoms with E-state index in [0.29, 0.717) is 6.54 Å². The first kappa shape index (κ1) is 18.9. The molecule has 2 heterocycles. The first-order valence-electron chi connectivity index (χ1n) is 8.65. The number of carbonyl (C=O) groups is 1. The summed E-state index contributed by atoms with van der Waals surface area (Å²) in [5.41, 5.74) is 13.1. The summed E-state index contributed by atoms with van der Waals surface area (Å²) in [7, 11) is 0. The van der Waals surface area contributed by atoms with Crippen molar-refractivity contribution in [1.29, 1.82) is 0 Å². The van der Waals surface area contributed by atoms with E-state index in [2.05, 4.69) is 26.4 Å². The van der Waals surface area contributed by atoms with Crippen LogP contribution in [-0.2, 0) is 11.3 Å². The number of ether oxygens (including phenoxy) is 1. The van der Waals surface area contributed by atoms with Crippen LogP contribution in [0, 0.1) is 5.92 Å². The predicted molar refractivity (Wildman–Crippen MR) is 104 cm³/mol. The number of rotatable bonds is 7. The number of anilines is 2. The van der Waals surface area contributed by atoms with Crippen molar-refractivity contribution in [2.45, 2.75) is 26.3 Å². The molecule has 0 spiro atoms. The molecule has 0 saturated carbocycles. The van der Waals surface area contributed by atoms with Crippen LogP contribution in [-0.4, -0.2) is 32.1 Å². The molecular formula is C18H21ClN6O2. The predicted octanol–water partition coefficient (Wildman–Crippen LogP) is 2.92. The molecule has 0 fully saturated rings. The third-order valence-corrected chi connectivity index (χ3v) is 4.51. The molecule has 0 amide bonds. The number of para-hydroxylation sites is 2. The van der Waals surface area contributed by atoms with Gasteiger partial charge in [-0.15, -0.1) is 0 Å². The van der Waals surface area contributed by atoms with Crippen molar-refractivity contribution >= 4 is 40.2 Å². The number of esters is 1. The molecule has 142 valence electrons. The molecule has 0 radical (unpaired) electrons. The molecule has 0 aliphatic rings. The number of benzene rings is 1. The summed E-state index contributed by atoms with van der Waals surface area (Å²) in [5.74, 6) is -0.676. The van der Waals surface area contributed by atoms with Gasteiger partial charge >= 0.3 is 5.97 Å². The molecule has 1 atom stereocenters. The summed E-state index contributed by atoms with van der Waals surface area (Å²) in [6, 6.07) is 7.91. The second kappa shape index (κ2) is 8.22. The maximum absolute atomic E-state index is 12.3. The van der Waals surface area contributed by atoms with E-state index in [-0.39, 0.29) is 35.0 Å². The van der Waals surface area contributed by atoms with Gasteiger partial charge in [0.2, 0.25) is 0 Å². The minimum atomic E-state index is -0.668. The monoisotopic (exact) mass is 388 g/mol. The summed E-state index contributed by atoms with van der Waals surface area (Å²) >= 11 is 5.82. The van der Waals surface area contributed by atoms with E-state index >= 15 is 0 Å². The van der Waals surface area contributed by atoms with Gasteiger partial charge in [0, 0.05) is 12.5 Å².